The Bertz CT molecular complexity index is 778. The normalized spacial score (nSPS) is 16.9. The summed E-state index contributed by atoms with van der Waals surface area (Å²) in [6, 6.07) is -0.148. The van der Waals surface area contributed by atoms with Gasteiger partial charge in [0.2, 0.25) is 11.7 Å². The van der Waals surface area contributed by atoms with Crippen molar-refractivity contribution in [1.82, 2.24) is 15.0 Å². The number of methoxy groups -OCH3 is 1. The maximum atomic E-state index is 13.4. The Balaban J connectivity index is 1.92. The molecule has 2 aromatic rings. The van der Waals surface area contributed by atoms with Crippen LogP contribution in [0.15, 0.2) is 5.38 Å². The van der Waals surface area contributed by atoms with E-state index < -0.39 is 5.92 Å². The van der Waals surface area contributed by atoms with Crippen LogP contribution < -0.4 is 14.8 Å². The van der Waals surface area contributed by atoms with Gasteiger partial charge < -0.3 is 19.9 Å². The summed E-state index contributed by atoms with van der Waals surface area (Å²) in [6.45, 7) is 1.73. The lowest BCUT2D eigenvalue weighted by Crippen LogP contribution is -2.32. The zero-order chi connectivity index (χ0) is 19.4. The van der Waals surface area contributed by atoms with Gasteiger partial charge in [0.15, 0.2) is 16.6 Å². The molecule has 0 saturated heterocycles. The van der Waals surface area contributed by atoms with Crippen molar-refractivity contribution >= 4 is 17.2 Å². The van der Waals surface area contributed by atoms with Crippen LogP contribution in [0.1, 0.15) is 31.4 Å². The van der Waals surface area contributed by atoms with Gasteiger partial charge in [-0.1, -0.05) is 0 Å². The van der Waals surface area contributed by atoms with Gasteiger partial charge in [0.05, 0.1) is 13.7 Å². The minimum absolute atomic E-state index is 0.0405. The van der Waals surface area contributed by atoms with Gasteiger partial charge in [-0.2, -0.15) is 4.98 Å². The van der Waals surface area contributed by atoms with Crippen LogP contribution in [0, 0.1) is 6.92 Å². The molecule has 0 spiro atoms. The molecule has 10 heteroatoms. The number of alkyl halides is 2. The summed E-state index contributed by atoms with van der Waals surface area (Å²) in [5.74, 6) is -1.43. The third-order valence-corrected chi connectivity index (χ3v) is 5.19. The Morgan fingerprint density at radius 1 is 1.30 bits per heavy atom. The number of anilines is 1. The number of hydrogen-bond donors (Lipinski definition) is 2. The van der Waals surface area contributed by atoms with Crippen molar-refractivity contribution in [2.75, 3.05) is 25.6 Å². The quantitative estimate of drug-likeness (QED) is 0.737. The molecule has 0 amide bonds. The largest absolute Gasteiger partial charge is 0.489 e. The molecule has 0 aliphatic heterocycles. The predicted octanol–water partition coefficient (Wildman–Crippen LogP) is 3.28. The second-order valence-corrected chi connectivity index (χ2v) is 7.23. The van der Waals surface area contributed by atoms with Crippen LogP contribution in [-0.4, -0.2) is 52.3 Å². The van der Waals surface area contributed by atoms with Crippen molar-refractivity contribution in [2.45, 2.75) is 44.6 Å². The van der Waals surface area contributed by atoms with Crippen molar-refractivity contribution < 1.29 is 23.4 Å². The number of rotatable bonds is 7. The maximum absolute atomic E-state index is 13.4. The Morgan fingerprint density at radius 3 is 2.63 bits per heavy atom. The average molecular weight is 400 g/mol. The van der Waals surface area contributed by atoms with Gasteiger partial charge in [-0.05, 0) is 19.8 Å². The minimum atomic E-state index is -2.60. The average Bonchev–Trinajstić information content (AvgIpc) is 3.08. The van der Waals surface area contributed by atoms with E-state index in [2.05, 4.69) is 20.3 Å². The number of aliphatic hydroxyl groups is 1. The van der Waals surface area contributed by atoms with E-state index in [0.717, 1.165) is 5.69 Å². The zero-order valence-electron chi connectivity index (χ0n) is 15.2. The first-order valence-electron chi connectivity index (χ1n) is 8.68. The third kappa shape index (κ3) is 4.81. The number of aromatic nitrogens is 3. The lowest BCUT2D eigenvalue weighted by Gasteiger charge is -2.29. The standard InChI is InChI=1S/C17H22F2N4O3S/c1-10-9-27-16(20-10)14-22-13(12(25-2)15(23-14)26-8-7-24)21-11-3-5-17(18,19)6-4-11/h9,11,24H,3-8H2,1-2H3,(H,21,22,23). The number of halogens is 2. The van der Waals surface area contributed by atoms with E-state index in [1.807, 2.05) is 12.3 Å². The molecule has 0 bridgehead atoms. The van der Waals surface area contributed by atoms with Crippen LogP contribution in [-0.2, 0) is 0 Å². The number of nitrogens with zero attached hydrogens (tertiary/aromatic N) is 3. The molecule has 148 valence electrons. The van der Waals surface area contributed by atoms with Crippen molar-refractivity contribution in [3.63, 3.8) is 0 Å². The molecule has 0 aromatic carbocycles. The number of hydrogen-bond acceptors (Lipinski definition) is 8. The van der Waals surface area contributed by atoms with E-state index in [1.165, 1.54) is 18.4 Å². The van der Waals surface area contributed by atoms with E-state index >= 15 is 0 Å². The molecule has 0 unspecified atom stereocenters. The number of aliphatic hydroxyl groups excluding tert-OH is 1. The molecule has 2 heterocycles. The van der Waals surface area contributed by atoms with E-state index in [9.17, 15) is 8.78 Å². The summed E-state index contributed by atoms with van der Waals surface area (Å²) in [6.07, 6.45) is 0.340. The lowest BCUT2D eigenvalue weighted by atomic mass is 9.92. The van der Waals surface area contributed by atoms with Crippen molar-refractivity contribution in [1.29, 1.82) is 0 Å². The van der Waals surface area contributed by atoms with Crippen molar-refractivity contribution in [3.05, 3.63) is 11.1 Å². The van der Waals surface area contributed by atoms with Gasteiger partial charge in [-0.25, -0.2) is 18.7 Å². The van der Waals surface area contributed by atoms with Crippen LogP contribution in [0.25, 0.3) is 10.8 Å². The molecule has 7 nitrogen and oxygen atoms in total. The number of nitrogens with one attached hydrogen (secondary N) is 1. The van der Waals surface area contributed by atoms with Crippen LogP contribution in [0.5, 0.6) is 11.6 Å². The van der Waals surface area contributed by atoms with Gasteiger partial charge in [0.1, 0.15) is 6.61 Å². The molecule has 0 atom stereocenters. The van der Waals surface area contributed by atoms with Crippen LogP contribution in [0.3, 0.4) is 0 Å². The molecule has 1 aliphatic rings. The Labute approximate surface area is 159 Å². The fraction of sp³-hybridized carbons (Fsp3) is 0.588. The molecule has 3 rings (SSSR count). The highest BCUT2D eigenvalue weighted by molar-refractivity contribution is 7.13. The summed E-state index contributed by atoms with van der Waals surface area (Å²) < 4.78 is 37.7. The fourth-order valence-corrected chi connectivity index (χ4v) is 3.61. The van der Waals surface area contributed by atoms with E-state index in [-0.39, 0.29) is 43.7 Å². The number of aryl methyl sites for hydroxylation is 1. The summed E-state index contributed by atoms with van der Waals surface area (Å²) in [5, 5.41) is 14.7. The van der Waals surface area contributed by atoms with Gasteiger partial charge >= 0.3 is 0 Å². The minimum Gasteiger partial charge on any atom is -0.489 e. The van der Waals surface area contributed by atoms with Crippen molar-refractivity contribution in [3.8, 4) is 22.5 Å². The molecule has 1 fully saturated rings. The fourth-order valence-electron chi connectivity index (χ4n) is 2.88. The van der Waals surface area contributed by atoms with Gasteiger partial charge in [-0.3, -0.25) is 0 Å². The van der Waals surface area contributed by atoms with E-state index in [1.54, 1.807) is 0 Å². The SMILES string of the molecule is COc1c(NC2CCC(F)(F)CC2)nc(-c2nc(C)cs2)nc1OCCO. The Kier molecular flexibility index (Phi) is 6.05. The van der Waals surface area contributed by atoms with Gasteiger partial charge in [0, 0.05) is 30.0 Å². The summed E-state index contributed by atoms with van der Waals surface area (Å²) in [5.41, 5.74) is 0.844. The van der Waals surface area contributed by atoms with Crippen LogP contribution in [0.2, 0.25) is 0 Å². The Hall–Kier alpha value is -2.07. The maximum Gasteiger partial charge on any atom is 0.263 e. The number of thiazole rings is 1. The molecular weight excluding hydrogens is 378 g/mol. The molecule has 1 saturated carbocycles. The van der Waals surface area contributed by atoms with E-state index in [0.29, 0.717) is 29.5 Å². The smallest absolute Gasteiger partial charge is 0.263 e. The van der Waals surface area contributed by atoms with Crippen molar-refractivity contribution in [2.24, 2.45) is 0 Å². The van der Waals surface area contributed by atoms with Gasteiger partial charge in [0.25, 0.3) is 5.88 Å². The lowest BCUT2D eigenvalue weighted by molar-refractivity contribution is -0.0361. The molecule has 2 aromatic heterocycles. The van der Waals surface area contributed by atoms with Crippen LogP contribution in [0.4, 0.5) is 14.6 Å². The monoisotopic (exact) mass is 400 g/mol. The molecule has 2 N–H and O–H groups in total. The predicted molar refractivity (Wildman–Crippen MR) is 97.8 cm³/mol. The van der Waals surface area contributed by atoms with Gasteiger partial charge in [-0.15, -0.1) is 11.3 Å². The first kappa shape index (κ1) is 19.7. The highest BCUT2D eigenvalue weighted by atomic mass is 32.1. The summed E-state index contributed by atoms with van der Waals surface area (Å²) in [4.78, 5) is 13.2. The van der Waals surface area contributed by atoms with Crippen LogP contribution >= 0.6 is 11.3 Å². The summed E-state index contributed by atoms with van der Waals surface area (Å²) in [7, 11) is 1.46. The number of ether oxygens (including phenoxy) is 2. The molecular formula is C17H22F2N4O3S. The summed E-state index contributed by atoms with van der Waals surface area (Å²) >= 11 is 1.39. The topological polar surface area (TPSA) is 89.4 Å². The second-order valence-electron chi connectivity index (χ2n) is 6.37. The third-order valence-electron chi connectivity index (χ3n) is 4.24. The molecule has 27 heavy (non-hydrogen) atoms. The molecule has 0 radical (unpaired) electrons. The second kappa shape index (κ2) is 8.30. The Morgan fingerprint density at radius 2 is 2.04 bits per heavy atom. The van der Waals surface area contributed by atoms with E-state index in [4.69, 9.17) is 14.6 Å². The highest BCUT2D eigenvalue weighted by Crippen LogP contribution is 2.38. The first-order valence-corrected chi connectivity index (χ1v) is 9.56. The highest BCUT2D eigenvalue weighted by Gasteiger charge is 2.35. The molecule has 1 aliphatic carbocycles. The first-order chi connectivity index (χ1) is 12.9. The zero-order valence-corrected chi connectivity index (χ0v) is 16.0.